The van der Waals surface area contributed by atoms with Crippen LogP contribution in [-0.4, -0.2) is 71.2 Å². The van der Waals surface area contributed by atoms with Gasteiger partial charge in [0, 0.05) is 38.3 Å². The zero-order chi connectivity index (χ0) is 26.3. The van der Waals surface area contributed by atoms with E-state index < -0.39 is 47.3 Å². The Morgan fingerprint density at radius 3 is 2.12 bits per heavy atom. The molecular formula is C22H36N4O8. The molecule has 0 aliphatic heterocycles. The van der Waals surface area contributed by atoms with E-state index in [-0.39, 0.29) is 37.7 Å². The van der Waals surface area contributed by atoms with Crippen molar-refractivity contribution < 1.29 is 38.2 Å². The molecule has 0 radical (unpaired) electrons. The van der Waals surface area contributed by atoms with Gasteiger partial charge in [-0.1, -0.05) is 0 Å². The van der Waals surface area contributed by atoms with Gasteiger partial charge in [0.2, 0.25) is 11.9 Å². The lowest BCUT2D eigenvalue weighted by molar-refractivity contribution is -0.128. The van der Waals surface area contributed by atoms with Crippen molar-refractivity contribution in [2.45, 2.75) is 85.5 Å². The summed E-state index contributed by atoms with van der Waals surface area (Å²) in [6, 6.07) is -0.639. The molecule has 2 N–H and O–H groups in total. The van der Waals surface area contributed by atoms with Crippen LogP contribution in [0.1, 0.15) is 68.2 Å². The summed E-state index contributed by atoms with van der Waals surface area (Å²) in [5, 5.41) is 5.24. The third kappa shape index (κ3) is 10.6. The highest BCUT2D eigenvalue weighted by molar-refractivity contribution is 5.99. The Bertz CT molecular complexity index is 826. The van der Waals surface area contributed by atoms with Crippen LogP contribution in [0.3, 0.4) is 0 Å². The van der Waals surface area contributed by atoms with E-state index in [1.54, 1.807) is 48.5 Å². The number of Topliss-reactive ketones (excluding diaryl/α,β-unsaturated/α-hetero) is 1. The molecule has 34 heavy (non-hydrogen) atoms. The van der Waals surface area contributed by atoms with Gasteiger partial charge < -0.3 is 19.5 Å². The molecule has 0 saturated heterocycles. The number of aliphatic imine (C=N–C) groups is 1. The smallest absolute Gasteiger partial charge is 0.437 e. The molecule has 12 nitrogen and oxygen atoms in total. The third-order valence-electron chi connectivity index (χ3n) is 4.33. The molecule has 1 saturated carbocycles. The molecule has 0 heterocycles. The number of carbonyl (C=O) groups excluding carboxylic acids is 5. The van der Waals surface area contributed by atoms with Crippen molar-refractivity contribution >= 4 is 35.9 Å². The molecule has 12 heteroatoms. The predicted molar refractivity (Wildman–Crippen MR) is 122 cm³/mol. The lowest BCUT2D eigenvalue weighted by atomic mass is 10.0. The van der Waals surface area contributed by atoms with Crippen molar-refractivity contribution in [3.8, 4) is 0 Å². The van der Waals surface area contributed by atoms with Crippen LogP contribution in [0.5, 0.6) is 0 Å². The van der Waals surface area contributed by atoms with Crippen molar-refractivity contribution in [2.24, 2.45) is 10.9 Å². The van der Waals surface area contributed by atoms with Gasteiger partial charge in [-0.3, -0.25) is 14.9 Å². The molecule has 192 valence electrons. The SMILES string of the molecule is CCOC(=O)N(C[C@@H]1CC(=O)C[C@H]1NC(=NC(=O)OC(C)(C)C)NC(=O)OC(C)(C)C)C(C)=O. The standard InChI is InChI=1S/C22H36N4O8/c1-9-32-20(31)26(13(2)27)12-14-10-15(28)11-16(14)23-17(24-18(29)33-21(3,4)5)25-19(30)34-22(6,7)8/h14,16H,9-12H2,1-8H3,(H2,23,24,25,29,30)/t14-,16+/m0/s1. The van der Waals surface area contributed by atoms with Crippen LogP contribution in [0.4, 0.5) is 14.4 Å². The summed E-state index contributed by atoms with van der Waals surface area (Å²) < 4.78 is 15.3. The molecule has 4 amide bonds. The van der Waals surface area contributed by atoms with E-state index in [1.807, 2.05) is 0 Å². The molecular weight excluding hydrogens is 448 g/mol. The molecule has 1 aliphatic carbocycles. The Morgan fingerprint density at radius 2 is 1.62 bits per heavy atom. The number of nitrogens with zero attached hydrogens (tertiary/aromatic N) is 2. The summed E-state index contributed by atoms with van der Waals surface area (Å²) in [5.74, 6) is -1.45. The number of ketones is 1. The molecule has 0 spiro atoms. The van der Waals surface area contributed by atoms with Crippen LogP contribution in [0, 0.1) is 5.92 Å². The quantitative estimate of drug-likeness (QED) is 0.348. The highest BCUT2D eigenvalue weighted by atomic mass is 16.6. The molecule has 2 atom stereocenters. The van der Waals surface area contributed by atoms with Gasteiger partial charge in [-0.2, -0.15) is 0 Å². The summed E-state index contributed by atoms with van der Waals surface area (Å²) in [6.45, 7) is 12.8. The number of rotatable bonds is 4. The minimum atomic E-state index is -0.969. The van der Waals surface area contributed by atoms with Gasteiger partial charge >= 0.3 is 18.3 Å². The lowest BCUT2D eigenvalue weighted by Crippen LogP contribution is -2.51. The van der Waals surface area contributed by atoms with Crippen molar-refractivity contribution in [1.82, 2.24) is 15.5 Å². The minimum absolute atomic E-state index is 0.0303. The number of nitrogens with one attached hydrogen (secondary N) is 2. The first-order valence-electron chi connectivity index (χ1n) is 11.1. The normalized spacial score (nSPS) is 18.7. The Morgan fingerprint density at radius 1 is 1.03 bits per heavy atom. The monoisotopic (exact) mass is 484 g/mol. The Kier molecular flexibility index (Phi) is 10.0. The van der Waals surface area contributed by atoms with E-state index in [2.05, 4.69) is 15.6 Å². The summed E-state index contributed by atoms with van der Waals surface area (Å²) in [7, 11) is 0. The molecule has 0 unspecified atom stereocenters. The zero-order valence-electron chi connectivity index (χ0n) is 21.1. The number of hydrogen-bond acceptors (Lipinski definition) is 8. The van der Waals surface area contributed by atoms with Gasteiger partial charge in [0.05, 0.1) is 6.61 Å². The van der Waals surface area contributed by atoms with Gasteiger partial charge in [0.1, 0.15) is 17.0 Å². The van der Waals surface area contributed by atoms with E-state index in [4.69, 9.17) is 14.2 Å². The van der Waals surface area contributed by atoms with Gasteiger partial charge in [0.25, 0.3) is 0 Å². The highest BCUT2D eigenvalue weighted by Crippen LogP contribution is 2.24. The van der Waals surface area contributed by atoms with Gasteiger partial charge in [0.15, 0.2) is 0 Å². The first-order valence-corrected chi connectivity index (χ1v) is 11.1. The van der Waals surface area contributed by atoms with Crippen LogP contribution in [0.25, 0.3) is 0 Å². The number of imide groups is 1. The maximum Gasteiger partial charge on any atom is 0.437 e. The second-order valence-corrected chi connectivity index (χ2v) is 9.85. The average Bonchev–Trinajstić information content (AvgIpc) is 2.94. The van der Waals surface area contributed by atoms with E-state index in [1.165, 1.54) is 6.92 Å². The lowest BCUT2D eigenvalue weighted by Gasteiger charge is -2.27. The Balaban J connectivity index is 3.12. The van der Waals surface area contributed by atoms with E-state index in [9.17, 15) is 24.0 Å². The molecule has 0 bridgehead atoms. The second-order valence-electron chi connectivity index (χ2n) is 9.85. The van der Waals surface area contributed by atoms with Gasteiger partial charge in [-0.05, 0) is 48.5 Å². The number of amides is 4. The van der Waals surface area contributed by atoms with Crippen LogP contribution < -0.4 is 10.6 Å². The molecule has 0 aromatic rings. The van der Waals surface area contributed by atoms with Crippen molar-refractivity contribution in [1.29, 1.82) is 0 Å². The van der Waals surface area contributed by atoms with Crippen LogP contribution in [0.2, 0.25) is 0 Å². The Hall–Kier alpha value is -3.18. The van der Waals surface area contributed by atoms with Crippen molar-refractivity contribution in [3.05, 3.63) is 0 Å². The van der Waals surface area contributed by atoms with E-state index in [0.29, 0.717) is 0 Å². The summed E-state index contributed by atoms with van der Waals surface area (Å²) in [6.07, 6.45) is -2.55. The average molecular weight is 485 g/mol. The minimum Gasteiger partial charge on any atom is -0.449 e. The van der Waals surface area contributed by atoms with Crippen LogP contribution in [-0.2, 0) is 23.8 Å². The number of carbonyl (C=O) groups is 5. The molecule has 0 aromatic carbocycles. The maximum atomic E-state index is 12.3. The number of guanidine groups is 1. The fourth-order valence-corrected chi connectivity index (χ4v) is 3.11. The zero-order valence-corrected chi connectivity index (χ0v) is 21.1. The predicted octanol–water partition coefficient (Wildman–Crippen LogP) is 2.74. The van der Waals surface area contributed by atoms with E-state index in [0.717, 1.165) is 4.90 Å². The first kappa shape index (κ1) is 28.9. The molecule has 1 aliphatic rings. The Labute approximate surface area is 199 Å². The fourth-order valence-electron chi connectivity index (χ4n) is 3.11. The molecule has 1 rings (SSSR count). The third-order valence-corrected chi connectivity index (χ3v) is 4.33. The number of ether oxygens (including phenoxy) is 3. The molecule has 0 aromatic heterocycles. The van der Waals surface area contributed by atoms with Crippen LogP contribution >= 0.6 is 0 Å². The molecule has 1 fully saturated rings. The second kappa shape index (κ2) is 11.8. The summed E-state index contributed by atoms with van der Waals surface area (Å²) >= 11 is 0. The largest absolute Gasteiger partial charge is 0.449 e. The highest BCUT2D eigenvalue weighted by Gasteiger charge is 2.37. The number of hydrogen-bond donors (Lipinski definition) is 2. The van der Waals surface area contributed by atoms with E-state index >= 15 is 0 Å². The topological polar surface area (TPSA) is 153 Å². The van der Waals surface area contributed by atoms with Crippen molar-refractivity contribution in [2.75, 3.05) is 13.2 Å². The summed E-state index contributed by atoms with van der Waals surface area (Å²) in [5.41, 5.74) is -1.64. The van der Waals surface area contributed by atoms with Crippen molar-refractivity contribution in [3.63, 3.8) is 0 Å². The van der Waals surface area contributed by atoms with Gasteiger partial charge in [-0.15, -0.1) is 4.99 Å². The number of alkyl carbamates (subject to hydrolysis) is 1. The first-order chi connectivity index (χ1) is 15.5. The van der Waals surface area contributed by atoms with Gasteiger partial charge in [-0.25, -0.2) is 19.3 Å². The maximum absolute atomic E-state index is 12.3. The summed E-state index contributed by atoms with van der Waals surface area (Å²) in [4.78, 5) is 65.6. The van der Waals surface area contributed by atoms with Crippen LogP contribution in [0.15, 0.2) is 4.99 Å². The fraction of sp³-hybridized carbons (Fsp3) is 0.727.